The molecular weight excluding hydrogens is 558 g/mol. The molecular formula is C23H21Br2N3O5. The average Bonchev–Trinajstić information content (AvgIpc) is 3.06. The lowest BCUT2D eigenvalue weighted by Crippen LogP contribution is -2.41. The SMILES string of the molecule is O=C1N/C(=C\c2cc(Br)c(OCc3cccc([N+](=O)[O-])c3)c(Br)c2)C(=O)N1C1CCCCC1. The molecule has 1 N–H and O–H groups in total. The van der Waals surface area contributed by atoms with Crippen molar-refractivity contribution in [3.63, 3.8) is 0 Å². The monoisotopic (exact) mass is 577 g/mol. The van der Waals surface area contributed by atoms with Gasteiger partial charge in [-0.1, -0.05) is 31.4 Å². The van der Waals surface area contributed by atoms with Gasteiger partial charge in [0.25, 0.3) is 11.6 Å². The van der Waals surface area contributed by atoms with E-state index in [2.05, 4.69) is 37.2 Å². The predicted molar refractivity (Wildman–Crippen MR) is 129 cm³/mol. The Morgan fingerprint density at radius 2 is 1.82 bits per heavy atom. The van der Waals surface area contributed by atoms with Gasteiger partial charge in [-0.25, -0.2) is 4.79 Å². The van der Waals surface area contributed by atoms with Crippen LogP contribution >= 0.6 is 31.9 Å². The largest absolute Gasteiger partial charge is 0.487 e. The van der Waals surface area contributed by atoms with E-state index < -0.39 is 4.92 Å². The number of carbonyl (C=O) groups excluding carboxylic acids is 2. The molecule has 2 aliphatic rings. The third-order valence-corrected chi connectivity index (χ3v) is 6.86. The van der Waals surface area contributed by atoms with Crippen LogP contribution in [0.15, 0.2) is 51.0 Å². The molecule has 0 atom stereocenters. The van der Waals surface area contributed by atoms with E-state index in [1.54, 1.807) is 30.3 Å². The molecule has 1 aliphatic carbocycles. The number of non-ortho nitro benzene ring substituents is 1. The van der Waals surface area contributed by atoms with Crippen molar-refractivity contribution >= 4 is 55.6 Å². The Morgan fingerprint density at radius 1 is 1.12 bits per heavy atom. The number of hydrogen-bond donors (Lipinski definition) is 1. The quantitative estimate of drug-likeness (QED) is 0.198. The number of rotatable bonds is 6. The maximum atomic E-state index is 12.9. The fraction of sp³-hybridized carbons (Fsp3) is 0.304. The maximum absolute atomic E-state index is 12.9. The van der Waals surface area contributed by atoms with Gasteiger partial charge in [-0.2, -0.15) is 0 Å². The van der Waals surface area contributed by atoms with Crippen molar-refractivity contribution in [2.24, 2.45) is 0 Å². The van der Waals surface area contributed by atoms with Gasteiger partial charge in [-0.05, 0) is 74.0 Å². The van der Waals surface area contributed by atoms with Crippen LogP contribution in [-0.4, -0.2) is 27.8 Å². The molecule has 10 heteroatoms. The Hall–Kier alpha value is -2.72. The van der Waals surface area contributed by atoms with Crippen molar-refractivity contribution in [3.8, 4) is 5.75 Å². The molecule has 1 heterocycles. The number of imide groups is 1. The summed E-state index contributed by atoms with van der Waals surface area (Å²) < 4.78 is 7.13. The highest BCUT2D eigenvalue weighted by molar-refractivity contribution is 9.11. The molecule has 0 bridgehead atoms. The number of carbonyl (C=O) groups is 2. The van der Waals surface area contributed by atoms with Gasteiger partial charge in [-0.3, -0.25) is 19.8 Å². The topological polar surface area (TPSA) is 102 Å². The van der Waals surface area contributed by atoms with E-state index in [9.17, 15) is 19.7 Å². The second-order valence-corrected chi connectivity index (χ2v) is 9.69. The van der Waals surface area contributed by atoms with E-state index in [0.717, 1.165) is 32.1 Å². The number of ether oxygens (including phenoxy) is 1. The third kappa shape index (κ3) is 5.27. The summed E-state index contributed by atoms with van der Waals surface area (Å²) in [5.41, 5.74) is 1.61. The maximum Gasteiger partial charge on any atom is 0.329 e. The van der Waals surface area contributed by atoms with Gasteiger partial charge in [-0.15, -0.1) is 0 Å². The molecule has 172 valence electrons. The van der Waals surface area contributed by atoms with Gasteiger partial charge in [0.05, 0.1) is 13.9 Å². The Morgan fingerprint density at radius 3 is 2.48 bits per heavy atom. The number of hydrogen-bond acceptors (Lipinski definition) is 5. The summed E-state index contributed by atoms with van der Waals surface area (Å²) in [6.45, 7) is 0.143. The number of benzene rings is 2. The fourth-order valence-corrected chi connectivity index (χ4v) is 5.55. The van der Waals surface area contributed by atoms with Crippen molar-refractivity contribution in [3.05, 3.63) is 72.3 Å². The zero-order chi connectivity index (χ0) is 23.5. The third-order valence-electron chi connectivity index (χ3n) is 5.69. The fourth-order valence-electron chi connectivity index (χ4n) is 4.10. The summed E-state index contributed by atoms with van der Waals surface area (Å²) in [5.74, 6) is 0.222. The molecule has 1 saturated heterocycles. The first-order chi connectivity index (χ1) is 15.8. The highest BCUT2D eigenvalue weighted by Crippen LogP contribution is 2.36. The average molecular weight is 579 g/mol. The minimum atomic E-state index is -0.448. The molecule has 0 radical (unpaired) electrons. The molecule has 0 spiro atoms. The first-order valence-electron chi connectivity index (χ1n) is 10.5. The van der Waals surface area contributed by atoms with Crippen LogP contribution in [0.1, 0.15) is 43.2 Å². The number of urea groups is 1. The van der Waals surface area contributed by atoms with Gasteiger partial charge in [0, 0.05) is 18.2 Å². The van der Waals surface area contributed by atoms with Crippen LogP contribution in [0.4, 0.5) is 10.5 Å². The molecule has 3 amide bonds. The summed E-state index contributed by atoms with van der Waals surface area (Å²) in [6.07, 6.45) is 6.53. The Bertz CT molecular complexity index is 1120. The van der Waals surface area contributed by atoms with Crippen molar-refractivity contribution in [1.82, 2.24) is 10.2 Å². The molecule has 1 saturated carbocycles. The van der Waals surface area contributed by atoms with Crippen LogP contribution in [-0.2, 0) is 11.4 Å². The first kappa shape index (κ1) is 23.4. The number of nitro benzene ring substituents is 1. The molecule has 0 aromatic heterocycles. The molecule has 2 aromatic rings. The van der Waals surface area contributed by atoms with E-state index >= 15 is 0 Å². The van der Waals surface area contributed by atoms with E-state index in [0.29, 0.717) is 25.8 Å². The highest BCUT2D eigenvalue weighted by Gasteiger charge is 2.38. The molecule has 2 aromatic carbocycles. The van der Waals surface area contributed by atoms with E-state index in [1.807, 2.05) is 0 Å². The van der Waals surface area contributed by atoms with E-state index in [1.165, 1.54) is 17.0 Å². The number of nitrogens with zero attached hydrogens (tertiary/aromatic N) is 2. The van der Waals surface area contributed by atoms with Gasteiger partial charge in [0.15, 0.2) is 0 Å². The smallest absolute Gasteiger partial charge is 0.329 e. The second-order valence-electron chi connectivity index (χ2n) is 7.98. The van der Waals surface area contributed by atoms with Crippen molar-refractivity contribution in [1.29, 1.82) is 0 Å². The summed E-state index contributed by atoms with van der Waals surface area (Å²) >= 11 is 6.97. The van der Waals surface area contributed by atoms with Crippen LogP contribution in [0.2, 0.25) is 0 Å². The Labute approximate surface area is 207 Å². The molecule has 8 nitrogen and oxygen atoms in total. The van der Waals surface area contributed by atoms with Crippen molar-refractivity contribution in [2.45, 2.75) is 44.8 Å². The Kier molecular flexibility index (Phi) is 7.14. The van der Waals surface area contributed by atoms with Crippen LogP contribution in [0.5, 0.6) is 5.75 Å². The van der Waals surface area contributed by atoms with Gasteiger partial charge >= 0.3 is 6.03 Å². The summed E-state index contributed by atoms with van der Waals surface area (Å²) in [4.78, 5) is 37.2. The molecule has 2 fully saturated rings. The van der Waals surface area contributed by atoms with E-state index in [-0.39, 0.29) is 36.0 Å². The standard InChI is InChI=1S/C23H21Br2N3O5/c24-18-10-15(12-20-22(29)27(23(30)26-20)16-6-2-1-3-7-16)11-19(25)21(18)33-13-14-5-4-8-17(9-14)28(31)32/h4-5,8-12,16H,1-3,6-7,13H2,(H,26,30)/b20-12-. The Balaban J connectivity index is 1.49. The molecule has 4 rings (SSSR count). The van der Waals surface area contributed by atoms with Gasteiger partial charge in [0.2, 0.25) is 0 Å². The number of nitro groups is 1. The van der Waals surface area contributed by atoms with Crippen LogP contribution < -0.4 is 10.1 Å². The van der Waals surface area contributed by atoms with Crippen molar-refractivity contribution < 1.29 is 19.2 Å². The lowest BCUT2D eigenvalue weighted by molar-refractivity contribution is -0.384. The van der Waals surface area contributed by atoms with Gasteiger partial charge in [0.1, 0.15) is 18.1 Å². The van der Waals surface area contributed by atoms with Gasteiger partial charge < -0.3 is 10.1 Å². The summed E-state index contributed by atoms with van der Waals surface area (Å²) in [7, 11) is 0. The van der Waals surface area contributed by atoms with Crippen LogP contribution in [0.25, 0.3) is 6.08 Å². The molecule has 33 heavy (non-hydrogen) atoms. The lowest BCUT2D eigenvalue weighted by atomic mass is 9.94. The van der Waals surface area contributed by atoms with Crippen LogP contribution in [0.3, 0.4) is 0 Å². The van der Waals surface area contributed by atoms with Crippen molar-refractivity contribution in [2.75, 3.05) is 0 Å². The lowest BCUT2D eigenvalue weighted by Gasteiger charge is -2.28. The second kappa shape index (κ2) is 10.0. The zero-order valence-corrected chi connectivity index (χ0v) is 20.7. The van der Waals surface area contributed by atoms with E-state index in [4.69, 9.17) is 4.74 Å². The first-order valence-corrected chi connectivity index (χ1v) is 12.1. The number of amides is 3. The zero-order valence-electron chi connectivity index (χ0n) is 17.6. The molecule has 0 unspecified atom stereocenters. The van der Waals surface area contributed by atoms with Crippen LogP contribution in [0, 0.1) is 10.1 Å². The number of halogens is 2. The summed E-state index contributed by atoms with van der Waals surface area (Å²) in [6, 6.07) is 9.41. The molecule has 1 aliphatic heterocycles. The normalized spacial score (nSPS) is 18.0. The predicted octanol–water partition coefficient (Wildman–Crippen LogP) is 5.92. The minimum absolute atomic E-state index is 0.00162. The minimum Gasteiger partial charge on any atom is -0.487 e. The number of nitrogens with one attached hydrogen (secondary N) is 1. The summed E-state index contributed by atoms with van der Waals surface area (Å²) in [5, 5.41) is 13.7. The highest BCUT2D eigenvalue weighted by atomic mass is 79.9.